The number of ether oxygens (including phenoxy) is 1. The van der Waals surface area contributed by atoms with Crippen molar-refractivity contribution in [1.29, 1.82) is 0 Å². The Balaban J connectivity index is 2.20. The number of phenols is 1. The largest absolute Gasteiger partial charge is 0.508 e. The number of hydrogen-bond donors (Lipinski definition) is 3. The number of fused-ring (bicyclic) bond motifs is 1. The van der Waals surface area contributed by atoms with Crippen LogP contribution in [-0.4, -0.2) is 21.5 Å². The van der Waals surface area contributed by atoms with Crippen molar-refractivity contribution >= 4 is 18.5 Å². The normalized spacial score (nSPS) is 13.3. The first-order valence-corrected chi connectivity index (χ1v) is 9.00. The van der Waals surface area contributed by atoms with E-state index >= 15 is 0 Å². The molecule has 0 aliphatic carbocycles. The summed E-state index contributed by atoms with van der Waals surface area (Å²) >= 11 is 0. The molecule has 26 heavy (non-hydrogen) atoms. The van der Waals surface area contributed by atoms with E-state index in [9.17, 15) is 29.4 Å². The highest BCUT2D eigenvalue weighted by Crippen LogP contribution is 2.43. The van der Waals surface area contributed by atoms with Crippen LogP contribution in [0.1, 0.15) is 0 Å². The second-order valence-corrected chi connectivity index (χ2v) is 7.06. The molecule has 1 unspecified atom stereocenters. The first-order chi connectivity index (χ1) is 12.3. The fourth-order valence-corrected chi connectivity index (χ4v) is 2.69. The lowest BCUT2D eigenvalue weighted by atomic mass is 10.1. The van der Waals surface area contributed by atoms with Gasteiger partial charge in [0.15, 0.2) is 12.1 Å². The van der Waals surface area contributed by atoms with Gasteiger partial charge in [-0.1, -0.05) is 30.3 Å². The number of nitroso groups, excluding NO2 is 1. The van der Waals surface area contributed by atoms with Gasteiger partial charge in [0.2, 0.25) is 11.2 Å². The molecule has 0 radical (unpaired) electrons. The smallest absolute Gasteiger partial charge is 0.385 e. The van der Waals surface area contributed by atoms with Crippen molar-refractivity contribution in [2.45, 2.75) is 0 Å². The highest BCUT2D eigenvalue weighted by atomic mass is 31.2. The second kappa shape index (κ2) is 6.62. The molecule has 1 heterocycles. The van der Waals surface area contributed by atoms with Gasteiger partial charge in [0, 0.05) is 22.6 Å². The van der Waals surface area contributed by atoms with Crippen LogP contribution < -0.4 is 10.2 Å². The minimum Gasteiger partial charge on any atom is -0.508 e. The molecule has 0 spiro atoms. The van der Waals surface area contributed by atoms with E-state index in [-0.39, 0.29) is 28.2 Å². The summed E-state index contributed by atoms with van der Waals surface area (Å²) in [5, 5.41) is 19.8. The van der Waals surface area contributed by atoms with Gasteiger partial charge in [0.25, 0.3) is 0 Å². The summed E-state index contributed by atoms with van der Waals surface area (Å²) in [5.41, 5.74) is -0.555. The quantitative estimate of drug-likeness (QED) is 0.454. The fourth-order valence-electron chi connectivity index (χ4n) is 2.34. The second-order valence-electron chi connectivity index (χ2n) is 5.31. The monoisotopic (exact) mass is 377 g/mol. The summed E-state index contributed by atoms with van der Waals surface area (Å²) in [6.07, 6.45) is -1.00. The summed E-state index contributed by atoms with van der Waals surface area (Å²) < 4.78 is 21.8. The van der Waals surface area contributed by atoms with Crippen LogP contribution in [-0.2, 0) is 4.57 Å². The molecule has 0 aliphatic heterocycles. The summed E-state index contributed by atoms with van der Waals surface area (Å²) in [5.74, 6) is -1.49. The van der Waals surface area contributed by atoms with Crippen molar-refractivity contribution in [3.05, 3.63) is 57.6 Å². The summed E-state index contributed by atoms with van der Waals surface area (Å²) in [7, 11) is -4.45. The Kier molecular flexibility index (Phi) is 4.50. The number of benzene rings is 2. The minimum atomic E-state index is -4.45. The highest BCUT2D eigenvalue weighted by Gasteiger charge is 2.23. The predicted octanol–water partition coefficient (Wildman–Crippen LogP) is 3.16. The van der Waals surface area contributed by atoms with Crippen LogP contribution in [0.25, 0.3) is 22.3 Å². The van der Waals surface area contributed by atoms with Crippen LogP contribution in [0.4, 0.5) is 0 Å². The molecule has 1 atom stereocenters. The van der Waals surface area contributed by atoms with Crippen LogP contribution >= 0.6 is 7.52 Å². The molecular formula is C16H12NO8P. The average molecular weight is 377 g/mol. The number of rotatable bonds is 5. The summed E-state index contributed by atoms with van der Waals surface area (Å²) in [6, 6.07) is 10.5. The number of hydrogen-bond acceptors (Lipinski definition) is 7. The van der Waals surface area contributed by atoms with Crippen LogP contribution in [0.3, 0.4) is 0 Å². The van der Waals surface area contributed by atoms with Gasteiger partial charge in [-0.15, -0.1) is 4.91 Å². The van der Waals surface area contributed by atoms with Gasteiger partial charge in [-0.05, 0) is 0 Å². The third-order valence-electron chi connectivity index (χ3n) is 3.47. The van der Waals surface area contributed by atoms with Crippen molar-refractivity contribution in [3.8, 4) is 28.6 Å². The van der Waals surface area contributed by atoms with E-state index in [0.29, 0.717) is 5.56 Å². The van der Waals surface area contributed by atoms with E-state index in [0.717, 1.165) is 12.1 Å². The molecule has 9 nitrogen and oxygen atoms in total. The molecule has 2 aromatic carbocycles. The molecule has 0 aliphatic rings. The van der Waals surface area contributed by atoms with Gasteiger partial charge in [0.05, 0.1) is 0 Å². The highest BCUT2D eigenvalue weighted by molar-refractivity contribution is 7.56. The van der Waals surface area contributed by atoms with E-state index < -0.39 is 25.0 Å². The topological polar surface area (TPSA) is 147 Å². The Bertz CT molecular complexity index is 1090. The van der Waals surface area contributed by atoms with Crippen LogP contribution in [0.5, 0.6) is 17.2 Å². The molecule has 10 heteroatoms. The predicted molar refractivity (Wildman–Crippen MR) is 92.4 cm³/mol. The fraction of sp³-hybridized carbons (Fsp3) is 0.0625. The lowest BCUT2D eigenvalue weighted by Gasteiger charge is -2.11. The number of nitrogens with zero attached hydrogens (tertiary/aromatic N) is 1. The molecule has 3 rings (SSSR count). The van der Waals surface area contributed by atoms with Crippen molar-refractivity contribution in [1.82, 2.24) is 0 Å². The van der Waals surface area contributed by atoms with E-state index in [1.54, 1.807) is 30.3 Å². The van der Waals surface area contributed by atoms with Crippen molar-refractivity contribution in [2.24, 2.45) is 4.95 Å². The van der Waals surface area contributed by atoms with Gasteiger partial charge >= 0.3 is 7.52 Å². The van der Waals surface area contributed by atoms with Crippen LogP contribution in [0.2, 0.25) is 0 Å². The Morgan fingerprint density at radius 2 is 1.85 bits per heavy atom. The maximum atomic E-state index is 12.6. The minimum absolute atomic E-state index is 0.109. The van der Waals surface area contributed by atoms with Crippen LogP contribution in [0.15, 0.2) is 56.6 Å². The van der Waals surface area contributed by atoms with Crippen LogP contribution in [0, 0.1) is 4.91 Å². The van der Waals surface area contributed by atoms with E-state index in [1.165, 1.54) is 0 Å². The van der Waals surface area contributed by atoms with Crippen molar-refractivity contribution < 1.29 is 28.8 Å². The molecule has 134 valence electrons. The zero-order valence-corrected chi connectivity index (χ0v) is 13.9. The lowest BCUT2D eigenvalue weighted by molar-refractivity contribution is 0.350. The molecule has 0 saturated heterocycles. The molecule has 3 aromatic rings. The molecule has 0 saturated carbocycles. The lowest BCUT2D eigenvalue weighted by Crippen LogP contribution is -2.06. The Morgan fingerprint density at radius 1 is 1.15 bits per heavy atom. The van der Waals surface area contributed by atoms with Gasteiger partial charge < -0.3 is 24.3 Å². The zero-order chi connectivity index (χ0) is 18.9. The summed E-state index contributed by atoms with van der Waals surface area (Å²) in [6.45, 7) is 0. The molecule has 0 amide bonds. The van der Waals surface area contributed by atoms with Gasteiger partial charge in [-0.2, -0.15) is 0 Å². The summed E-state index contributed by atoms with van der Waals surface area (Å²) in [4.78, 5) is 34.1. The third-order valence-corrected chi connectivity index (χ3v) is 4.19. The van der Waals surface area contributed by atoms with Gasteiger partial charge in [0.1, 0.15) is 22.5 Å². The van der Waals surface area contributed by atoms with Gasteiger partial charge in [-0.3, -0.25) is 9.36 Å². The zero-order valence-electron chi connectivity index (χ0n) is 13.0. The van der Waals surface area contributed by atoms with E-state index in [1.807, 2.05) is 0 Å². The number of phenolic OH excluding ortho intramolecular Hbond substituents is 1. The average Bonchev–Trinajstić information content (AvgIpc) is 2.63. The SMILES string of the molecule is O=NP(=O)(O)COc1cc(O)cc2oc(-c3ccccc3)c(O)c(=O)c12. The standard InChI is InChI=1S/C16H12NO8P/c18-10-6-11(24-8-26(22,23)17-21)13-12(7-10)25-16(15(20)14(13)19)9-4-2-1-3-5-9/h1-7,18,20H,8H2,(H,22,23). The number of aromatic hydroxyl groups is 2. The molecular weight excluding hydrogens is 365 g/mol. The maximum Gasteiger partial charge on any atom is 0.385 e. The van der Waals surface area contributed by atoms with Gasteiger partial charge in [-0.25, -0.2) is 0 Å². The molecule has 1 aromatic heterocycles. The first-order valence-electron chi connectivity index (χ1n) is 7.20. The first kappa shape index (κ1) is 17.7. The van der Waals surface area contributed by atoms with Crippen molar-refractivity contribution in [2.75, 3.05) is 6.35 Å². The maximum absolute atomic E-state index is 12.6. The van der Waals surface area contributed by atoms with Crippen molar-refractivity contribution in [3.63, 3.8) is 0 Å². The van der Waals surface area contributed by atoms with E-state index in [4.69, 9.17) is 9.15 Å². The third kappa shape index (κ3) is 3.30. The molecule has 3 N–H and O–H groups in total. The van der Waals surface area contributed by atoms with E-state index in [2.05, 4.69) is 4.95 Å². The Labute approximate surface area is 145 Å². The molecule has 0 fully saturated rings. The Hall–Kier alpha value is -3.16. The molecule has 0 bridgehead atoms. The Morgan fingerprint density at radius 3 is 2.50 bits per heavy atom.